The third-order valence-corrected chi connectivity index (χ3v) is 4.94. The highest BCUT2D eigenvalue weighted by Crippen LogP contribution is 2.28. The Hall–Kier alpha value is -2.83. The Bertz CT molecular complexity index is 953. The van der Waals surface area contributed by atoms with Crippen LogP contribution in [0, 0.1) is 11.6 Å². The van der Waals surface area contributed by atoms with Gasteiger partial charge in [0.1, 0.15) is 24.0 Å². The Morgan fingerprint density at radius 2 is 2.00 bits per heavy atom. The fourth-order valence-electron chi connectivity index (χ4n) is 3.46. The highest BCUT2D eigenvalue weighted by Gasteiger charge is 2.25. The van der Waals surface area contributed by atoms with Crippen molar-refractivity contribution in [3.8, 4) is 5.75 Å². The summed E-state index contributed by atoms with van der Waals surface area (Å²) in [5, 5.41) is 0. The van der Waals surface area contributed by atoms with Crippen molar-refractivity contribution in [3.05, 3.63) is 95.3 Å². The monoisotopic (exact) mass is 396 g/mol. The first-order valence-electron chi connectivity index (χ1n) is 9.57. The Morgan fingerprint density at radius 3 is 2.83 bits per heavy atom. The number of benzene rings is 2. The molecular weight excluding hydrogens is 374 g/mol. The maximum absolute atomic E-state index is 14.2. The van der Waals surface area contributed by atoms with E-state index in [9.17, 15) is 8.78 Å². The van der Waals surface area contributed by atoms with E-state index >= 15 is 0 Å². The van der Waals surface area contributed by atoms with E-state index in [-0.39, 0.29) is 0 Å². The number of para-hydroxylation sites is 1. The number of rotatable bonds is 6. The number of nitrogens with zero attached hydrogens (tertiary/aromatic N) is 2. The highest BCUT2D eigenvalue weighted by molar-refractivity contribution is 5.33. The van der Waals surface area contributed by atoms with E-state index in [0.29, 0.717) is 31.9 Å². The second-order valence-electron chi connectivity index (χ2n) is 7.02. The second kappa shape index (κ2) is 9.11. The van der Waals surface area contributed by atoms with E-state index in [1.54, 1.807) is 12.4 Å². The molecule has 0 radical (unpaired) electrons. The first-order valence-corrected chi connectivity index (χ1v) is 9.57. The Labute approximate surface area is 168 Å². The van der Waals surface area contributed by atoms with E-state index in [1.165, 1.54) is 12.1 Å². The van der Waals surface area contributed by atoms with Crippen LogP contribution in [0.3, 0.4) is 0 Å². The standard InChI is InChI=1S/C23H22F2N2O2/c24-19-7-8-20(21(25)12-19)23-15-27(10-11-28-23)14-18-5-1-2-6-22(18)29-16-17-4-3-9-26-13-17/h1-9,12-13,23H,10-11,14-16H2. The van der Waals surface area contributed by atoms with Gasteiger partial charge in [-0.25, -0.2) is 8.78 Å². The van der Waals surface area contributed by atoms with Crippen LogP contribution in [0.2, 0.25) is 0 Å². The SMILES string of the molecule is Fc1ccc(C2CN(Cc3ccccc3OCc3cccnc3)CCO2)c(F)c1. The first kappa shape index (κ1) is 19.5. The summed E-state index contributed by atoms with van der Waals surface area (Å²) < 4.78 is 39.1. The predicted octanol–water partition coefficient (Wildman–Crippen LogP) is 4.51. The average molecular weight is 396 g/mol. The van der Waals surface area contributed by atoms with Crippen LogP contribution in [-0.2, 0) is 17.9 Å². The van der Waals surface area contributed by atoms with Crippen molar-refractivity contribution in [3.63, 3.8) is 0 Å². The summed E-state index contributed by atoms with van der Waals surface area (Å²) in [6.45, 7) is 2.85. The molecule has 2 heterocycles. The molecule has 4 rings (SSSR count). The summed E-state index contributed by atoms with van der Waals surface area (Å²) >= 11 is 0. The highest BCUT2D eigenvalue weighted by atomic mass is 19.1. The van der Waals surface area contributed by atoms with Crippen LogP contribution in [0.5, 0.6) is 5.75 Å². The number of ether oxygens (including phenoxy) is 2. The van der Waals surface area contributed by atoms with Gasteiger partial charge in [0, 0.05) is 54.8 Å². The summed E-state index contributed by atoms with van der Waals surface area (Å²) in [7, 11) is 0. The van der Waals surface area contributed by atoms with Gasteiger partial charge in [-0.15, -0.1) is 0 Å². The molecule has 29 heavy (non-hydrogen) atoms. The second-order valence-corrected chi connectivity index (χ2v) is 7.02. The molecule has 0 amide bonds. The molecule has 0 aliphatic carbocycles. The molecule has 2 aromatic carbocycles. The lowest BCUT2D eigenvalue weighted by Crippen LogP contribution is -2.38. The van der Waals surface area contributed by atoms with Crippen molar-refractivity contribution in [1.29, 1.82) is 0 Å². The molecule has 1 aliphatic heterocycles. The van der Waals surface area contributed by atoms with Crippen molar-refractivity contribution < 1.29 is 18.3 Å². The van der Waals surface area contributed by atoms with Gasteiger partial charge >= 0.3 is 0 Å². The van der Waals surface area contributed by atoms with E-state index < -0.39 is 17.7 Å². The number of hydrogen-bond donors (Lipinski definition) is 0. The first-order chi connectivity index (χ1) is 14.2. The number of halogens is 2. The molecular formula is C23H22F2N2O2. The van der Waals surface area contributed by atoms with Crippen LogP contribution in [0.1, 0.15) is 22.8 Å². The molecule has 4 nitrogen and oxygen atoms in total. The lowest BCUT2D eigenvalue weighted by molar-refractivity contribution is -0.0347. The molecule has 0 bridgehead atoms. The Balaban J connectivity index is 1.43. The summed E-state index contributed by atoms with van der Waals surface area (Å²) in [6.07, 6.45) is 3.09. The van der Waals surface area contributed by atoms with E-state index in [4.69, 9.17) is 9.47 Å². The number of aromatic nitrogens is 1. The molecule has 0 N–H and O–H groups in total. The molecule has 1 fully saturated rings. The number of morpholine rings is 1. The molecule has 1 aliphatic rings. The summed E-state index contributed by atoms with van der Waals surface area (Å²) in [5.41, 5.74) is 2.44. The van der Waals surface area contributed by atoms with Crippen LogP contribution in [0.25, 0.3) is 0 Å². The van der Waals surface area contributed by atoms with Gasteiger partial charge in [-0.2, -0.15) is 0 Å². The zero-order chi connectivity index (χ0) is 20.1. The minimum atomic E-state index is -0.585. The summed E-state index contributed by atoms with van der Waals surface area (Å²) in [4.78, 5) is 6.30. The lowest BCUT2D eigenvalue weighted by atomic mass is 10.1. The molecule has 1 saturated heterocycles. The average Bonchev–Trinajstić information content (AvgIpc) is 2.74. The van der Waals surface area contributed by atoms with Crippen molar-refractivity contribution in [1.82, 2.24) is 9.88 Å². The molecule has 0 spiro atoms. The van der Waals surface area contributed by atoms with Crippen LogP contribution in [0.15, 0.2) is 67.0 Å². The Kier molecular flexibility index (Phi) is 6.12. The summed E-state index contributed by atoms with van der Waals surface area (Å²) in [5.74, 6) is -0.344. The lowest BCUT2D eigenvalue weighted by Gasteiger charge is -2.33. The van der Waals surface area contributed by atoms with Gasteiger partial charge in [-0.1, -0.05) is 30.3 Å². The zero-order valence-corrected chi connectivity index (χ0v) is 15.9. The molecule has 6 heteroatoms. The minimum Gasteiger partial charge on any atom is -0.489 e. The maximum atomic E-state index is 14.2. The van der Waals surface area contributed by atoms with Gasteiger partial charge in [-0.3, -0.25) is 9.88 Å². The fourth-order valence-corrected chi connectivity index (χ4v) is 3.46. The largest absolute Gasteiger partial charge is 0.489 e. The van der Waals surface area contributed by atoms with Crippen molar-refractivity contribution in [2.75, 3.05) is 19.7 Å². The van der Waals surface area contributed by atoms with E-state index in [0.717, 1.165) is 29.5 Å². The fraction of sp³-hybridized carbons (Fsp3) is 0.261. The van der Waals surface area contributed by atoms with Crippen molar-refractivity contribution in [2.45, 2.75) is 19.3 Å². The van der Waals surface area contributed by atoms with Crippen molar-refractivity contribution in [2.24, 2.45) is 0 Å². The van der Waals surface area contributed by atoms with Gasteiger partial charge in [0.15, 0.2) is 0 Å². The number of hydrogen-bond acceptors (Lipinski definition) is 4. The summed E-state index contributed by atoms with van der Waals surface area (Å²) in [6, 6.07) is 15.4. The van der Waals surface area contributed by atoms with Crippen LogP contribution < -0.4 is 4.74 Å². The normalized spacial score (nSPS) is 17.2. The van der Waals surface area contributed by atoms with E-state index in [1.807, 2.05) is 36.4 Å². The molecule has 1 aromatic heterocycles. The molecule has 1 unspecified atom stereocenters. The van der Waals surface area contributed by atoms with Crippen molar-refractivity contribution >= 4 is 0 Å². The van der Waals surface area contributed by atoms with Gasteiger partial charge in [0.25, 0.3) is 0 Å². The van der Waals surface area contributed by atoms with Crippen LogP contribution in [-0.4, -0.2) is 29.6 Å². The Morgan fingerprint density at radius 1 is 1.10 bits per heavy atom. The van der Waals surface area contributed by atoms with E-state index in [2.05, 4.69) is 9.88 Å². The molecule has 3 aromatic rings. The number of pyridine rings is 1. The van der Waals surface area contributed by atoms with Gasteiger partial charge < -0.3 is 9.47 Å². The topological polar surface area (TPSA) is 34.6 Å². The predicted molar refractivity (Wildman–Crippen MR) is 105 cm³/mol. The molecule has 1 atom stereocenters. The van der Waals surface area contributed by atoms with Crippen LogP contribution in [0.4, 0.5) is 8.78 Å². The third kappa shape index (κ3) is 4.96. The van der Waals surface area contributed by atoms with Gasteiger partial charge in [0.05, 0.1) is 12.7 Å². The minimum absolute atomic E-state index is 0.386. The maximum Gasteiger partial charge on any atom is 0.131 e. The molecule has 0 saturated carbocycles. The quantitative estimate of drug-likeness (QED) is 0.614. The van der Waals surface area contributed by atoms with Gasteiger partial charge in [-0.05, 0) is 18.2 Å². The molecule has 150 valence electrons. The smallest absolute Gasteiger partial charge is 0.131 e. The zero-order valence-electron chi connectivity index (χ0n) is 15.9. The van der Waals surface area contributed by atoms with Crippen LogP contribution >= 0.6 is 0 Å². The van der Waals surface area contributed by atoms with Gasteiger partial charge in [0.2, 0.25) is 0 Å². The third-order valence-electron chi connectivity index (χ3n) is 4.94.